The Morgan fingerprint density at radius 1 is 1.00 bits per heavy atom. The molecule has 6 nitrogen and oxygen atoms in total. The fraction of sp³-hybridized carbons (Fsp3) is 0.429. The number of hydrogen-bond acceptors (Lipinski definition) is 6. The molecule has 80 valence electrons. The molecule has 0 aromatic carbocycles. The van der Waals surface area contributed by atoms with Crippen molar-refractivity contribution in [3.63, 3.8) is 0 Å². The second kappa shape index (κ2) is 3.64. The van der Waals surface area contributed by atoms with Crippen LogP contribution in [-0.2, 0) is 8.58 Å². The van der Waals surface area contributed by atoms with Gasteiger partial charge in [-0.1, -0.05) is 0 Å². The van der Waals surface area contributed by atoms with Crippen molar-refractivity contribution in [3.8, 4) is 0 Å². The van der Waals surface area contributed by atoms with E-state index >= 15 is 0 Å². The van der Waals surface area contributed by atoms with E-state index in [1.54, 1.807) is 13.8 Å². The molecule has 0 fully saturated rings. The molecule has 0 spiro atoms. The first-order chi connectivity index (χ1) is 7.11. The summed E-state index contributed by atoms with van der Waals surface area (Å²) in [6, 6.07) is 0. The lowest BCUT2D eigenvalue weighted by Gasteiger charge is -2.24. The monoisotopic (exact) mass is 248 g/mol. The van der Waals surface area contributed by atoms with Gasteiger partial charge in [0.2, 0.25) is 0 Å². The Bertz CT molecular complexity index is 423. The molecule has 0 amide bonds. The number of amidine groups is 3. The van der Waals surface area contributed by atoms with Gasteiger partial charge in [-0.2, -0.15) is 0 Å². The number of rotatable bonds is 2. The fourth-order valence-electron chi connectivity index (χ4n) is 1.30. The summed E-state index contributed by atoms with van der Waals surface area (Å²) in [5, 5.41) is 0. The topological polar surface area (TPSA) is 67.9 Å². The Morgan fingerprint density at radius 2 is 1.67 bits per heavy atom. The highest BCUT2D eigenvalue weighted by Crippen LogP contribution is 2.28. The third-order valence-corrected chi connectivity index (χ3v) is 2.26. The summed E-state index contributed by atoms with van der Waals surface area (Å²) in [7, 11) is 0. The van der Waals surface area contributed by atoms with Crippen molar-refractivity contribution in [2.45, 2.75) is 19.8 Å². The SMILES string of the molecule is CC1=NC2=NC(C)=NC(OCl)(OCl)C2=N1. The fourth-order valence-corrected chi connectivity index (χ4v) is 1.61. The quantitative estimate of drug-likeness (QED) is 0.698. The second-order valence-electron chi connectivity index (χ2n) is 2.95. The molecule has 2 rings (SSSR count). The predicted octanol–water partition coefficient (Wildman–Crippen LogP) is 1.68. The first kappa shape index (κ1) is 10.7. The number of halogens is 2. The Hall–Kier alpha value is -0.820. The lowest BCUT2D eigenvalue weighted by atomic mass is 10.2. The molecule has 2 heterocycles. The first-order valence-corrected chi connectivity index (χ1v) is 4.62. The number of fused-ring (bicyclic) bond motifs is 1. The van der Waals surface area contributed by atoms with Crippen LogP contribution in [0.1, 0.15) is 13.8 Å². The molecule has 0 N–H and O–H groups in total. The highest BCUT2D eigenvalue weighted by Gasteiger charge is 2.46. The van der Waals surface area contributed by atoms with Gasteiger partial charge in [-0.25, -0.2) is 28.5 Å². The number of aliphatic imine (C=N–C) groups is 4. The van der Waals surface area contributed by atoms with Crippen LogP contribution in [0.3, 0.4) is 0 Å². The number of nitrogens with zero attached hydrogens (tertiary/aromatic N) is 4. The van der Waals surface area contributed by atoms with E-state index in [1.165, 1.54) is 0 Å². The van der Waals surface area contributed by atoms with Crippen LogP contribution < -0.4 is 0 Å². The Balaban J connectivity index is 2.53. The molecule has 15 heavy (non-hydrogen) atoms. The standard InChI is InChI=1S/C7H6Cl2N4O2/c1-3-10-5-6(11-3)12-4(2)13-7(5,14-8)15-9/h1-2H3. The van der Waals surface area contributed by atoms with Crippen LogP contribution in [0.4, 0.5) is 0 Å². The molecule has 2 aliphatic rings. The second-order valence-corrected chi connectivity index (χ2v) is 3.26. The average Bonchev–Trinajstić information content (AvgIpc) is 2.57. The molecule has 0 saturated heterocycles. The molecule has 2 aliphatic heterocycles. The van der Waals surface area contributed by atoms with Crippen LogP contribution in [0.25, 0.3) is 0 Å². The van der Waals surface area contributed by atoms with E-state index in [4.69, 9.17) is 23.7 Å². The van der Waals surface area contributed by atoms with Crippen LogP contribution >= 0.6 is 23.7 Å². The van der Waals surface area contributed by atoms with Crippen LogP contribution in [0, 0.1) is 0 Å². The third-order valence-electron chi connectivity index (χ3n) is 1.84. The van der Waals surface area contributed by atoms with E-state index in [-0.39, 0.29) is 5.71 Å². The molecule has 8 heteroatoms. The average molecular weight is 249 g/mol. The van der Waals surface area contributed by atoms with Crippen molar-refractivity contribution in [3.05, 3.63) is 0 Å². The Labute approximate surface area is 95.7 Å². The van der Waals surface area contributed by atoms with E-state index in [0.29, 0.717) is 17.5 Å². The summed E-state index contributed by atoms with van der Waals surface area (Å²) >= 11 is 10.6. The van der Waals surface area contributed by atoms with Gasteiger partial charge in [0.25, 0.3) is 0 Å². The summed E-state index contributed by atoms with van der Waals surface area (Å²) in [4.78, 5) is 16.1. The van der Waals surface area contributed by atoms with Crippen molar-refractivity contribution in [2.24, 2.45) is 20.0 Å². The molecule has 0 aromatic heterocycles. The largest absolute Gasteiger partial charge is 0.352 e. The lowest BCUT2D eigenvalue weighted by molar-refractivity contribution is -0.0294. The maximum absolute atomic E-state index is 5.31. The summed E-state index contributed by atoms with van der Waals surface area (Å²) in [6.45, 7) is 3.35. The normalized spacial score (nSPS) is 22.7. The summed E-state index contributed by atoms with van der Waals surface area (Å²) in [5.41, 5.74) is 0.246. The zero-order valence-electron chi connectivity index (χ0n) is 7.86. The molecule has 0 aromatic rings. The molecular weight excluding hydrogens is 243 g/mol. The molecule has 0 atom stereocenters. The summed E-state index contributed by atoms with van der Waals surface area (Å²) in [6.07, 6.45) is 0. The molecular formula is C7H6Cl2N4O2. The summed E-state index contributed by atoms with van der Waals surface area (Å²) < 4.78 is 9.21. The van der Waals surface area contributed by atoms with Gasteiger partial charge < -0.3 is 0 Å². The zero-order chi connectivity index (χ0) is 11.1. The smallest absolute Gasteiger partial charge is 0.226 e. The van der Waals surface area contributed by atoms with Gasteiger partial charge in [0, 0.05) is 0 Å². The molecule has 0 bridgehead atoms. The zero-order valence-corrected chi connectivity index (χ0v) is 9.37. The molecule has 0 aliphatic carbocycles. The van der Waals surface area contributed by atoms with Crippen LogP contribution in [0.15, 0.2) is 20.0 Å². The van der Waals surface area contributed by atoms with Crippen molar-refractivity contribution in [1.29, 1.82) is 0 Å². The van der Waals surface area contributed by atoms with Crippen molar-refractivity contribution < 1.29 is 8.58 Å². The van der Waals surface area contributed by atoms with E-state index in [9.17, 15) is 0 Å². The third kappa shape index (κ3) is 1.59. The lowest BCUT2D eigenvalue weighted by Crippen LogP contribution is -2.44. The van der Waals surface area contributed by atoms with Crippen LogP contribution in [0.5, 0.6) is 0 Å². The van der Waals surface area contributed by atoms with Gasteiger partial charge in [-0.3, -0.25) is 0 Å². The van der Waals surface area contributed by atoms with Crippen molar-refractivity contribution in [1.82, 2.24) is 0 Å². The van der Waals surface area contributed by atoms with E-state index < -0.39 is 5.91 Å². The van der Waals surface area contributed by atoms with E-state index in [2.05, 4.69) is 28.5 Å². The first-order valence-electron chi connectivity index (χ1n) is 4.01. The highest BCUT2D eigenvalue weighted by molar-refractivity contribution is 6.52. The maximum Gasteiger partial charge on any atom is 0.352 e. The van der Waals surface area contributed by atoms with Crippen LogP contribution in [0.2, 0.25) is 0 Å². The minimum absolute atomic E-state index is 0.246. The molecule has 0 radical (unpaired) electrons. The van der Waals surface area contributed by atoms with Crippen LogP contribution in [-0.4, -0.2) is 29.1 Å². The Kier molecular flexibility index (Phi) is 2.59. The van der Waals surface area contributed by atoms with Gasteiger partial charge in [-0.15, -0.1) is 0 Å². The Morgan fingerprint density at radius 3 is 2.27 bits per heavy atom. The van der Waals surface area contributed by atoms with Gasteiger partial charge >= 0.3 is 5.91 Å². The van der Waals surface area contributed by atoms with E-state index in [0.717, 1.165) is 0 Å². The minimum atomic E-state index is -1.66. The summed E-state index contributed by atoms with van der Waals surface area (Å²) in [5.74, 6) is -0.406. The van der Waals surface area contributed by atoms with Gasteiger partial charge in [0.1, 0.15) is 11.7 Å². The van der Waals surface area contributed by atoms with Gasteiger partial charge in [-0.05, 0) is 13.8 Å². The minimum Gasteiger partial charge on any atom is -0.226 e. The van der Waals surface area contributed by atoms with Crippen molar-refractivity contribution in [2.75, 3.05) is 0 Å². The predicted molar refractivity (Wildman–Crippen MR) is 57.7 cm³/mol. The highest BCUT2D eigenvalue weighted by atomic mass is 35.5. The van der Waals surface area contributed by atoms with Crippen molar-refractivity contribution >= 4 is 47.0 Å². The number of hydrogen-bond donors (Lipinski definition) is 0. The van der Waals surface area contributed by atoms with Gasteiger partial charge in [0.05, 0.1) is 23.7 Å². The van der Waals surface area contributed by atoms with Gasteiger partial charge in [0.15, 0.2) is 11.5 Å². The molecule has 0 saturated carbocycles. The molecule has 0 unspecified atom stereocenters. The van der Waals surface area contributed by atoms with E-state index in [1.807, 2.05) is 0 Å². The maximum atomic E-state index is 5.31.